The van der Waals surface area contributed by atoms with Crippen molar-refractivity contribution in [2.45, 2.75) is 20.0 Å². The van der Waals surface area contributed by atoms with Crippen molar-refractivity contribution < 1.29 is 26.5 Å². The maximum atomic E-state index is 4.51. The van der Waals surface area contributed by atoms with Gasteiger partial charge in [0.25, 0.3) is 0 Å². The van der Waals surface area contributed by atoms with Crippen LogP contribution < -0.4 is 0 Å². The van der Waals surface area contributed by atoms with Gasteiger partial charge in [0, 0.05) is 0 Å². The topological polar surface area (TPSA) is 18.5 Å². The van der Waals surface area contributed by atoms with Crippen molar-refractivity contribution in [1.82, 2.24) is 0 Å². The van der Waals surface area contributed by atoms with Crippen molar-refractivity contribution >= 4 is 0 Å². The molecule has 3 heteroatoms. The third kappa shape index (κ3) is 4.50. The molecular formula is C3H7O2V. The molecule has 0 bridgehead atoms. The molecule has 6 heavy (non-hydrogen) atoms. The Bertz CT molecular complexity index is 30.0. The fraction of sp³-hybridized carbons (Fsp3) is 1.00. The van der Waals surface area contributed by atoms with E-state index in [2.05, 4.69) is 8.70 Å². The zero-order valence-electron chi connectivity index (χ0n) is 3.84. The summed E-state index contributed by atoms with van der Waals surface area (Å²) in [5, 5.41) is 0. The molecule has 0 aromatic heterocycles. The van der Waals surface area contributed by atoms with Crippen LogP contribution in [-0.4, -0.2) is 6.10 Å². The first-order chi connectivity index (χ1) is 2.77. The normalized spacial score (nSPS) is 9.83. The number of rotatable bonds is 2. The molecule has 0 aliphatic rings. The quantitative estimate of drug-likeness (QED) is 0.402. The molecule has 0 aliphatic carbocycles. The summed E-state index contributed by atoms with van der Waals surface area (Å²) in [6, 6.07) is 0. The van der Waals surface area contributed by atoms with Gasteiger partial charge in [-0.1, -0.05) is 0 Å². The third-order valence-electron chi connectivity index (χ3n) is 0.235. The van der Waals surface area contributed by atoms with Gasteiger partial charge < -0.3 is 0 Å². The van der Waals surface area contributed by atoms with Crippen molar-refractivity contribution in [2.24, 2.45) is 0 Å². The molecule has 0 fully saturated rings. The Hall–Kier alpha value is 0.504. The van der Waals surface area contributed by atoms with Crippen LogP contribution in [0.3, 0.4) is 0 Å². The number of hydrogen-bond donors (Lipinski definition) is 0. The van der Waals surface area contributed by atoms with Crippen LogP contribution in [0.2, 0.25) is 0 Å². The Morgan fingerprint density at radius 2 is 2.00 bits per heavy atom. The minimum absolute atomic E-state index is 0.160. The Kier molecular flexibility index (Phi) is 4.00. The van der Waals surface area contributed by atoms with Crippen LogP contribution in [0, 0.1) is 0 Å². The van der Waals surface area contributed by atoms with E-state index in [-0.39, 0.29) is 6.10 Å². The molecule has 0 unspecified atom stereocenters. The van der Waals surface area contributed by atoms with Gasteiger partial charge in [-0.05, 0) is 0 Å². The first-order valence-electron chi connectivity index (χ1n) is 1.74. The average Bonchev–Trinajstić information content (AvgIpc) is 1.35. The van der Waals surface area contributed by atoms with Crippen LogP contribution in [0.15, 0.2) is 0 Å². The molecular weight excluding hydrogens is 119 g/mol. The van der Waals surface area contributed by atoms with Gasteiger partial charge >= 0.3 is 46.4 Å². The van der Waals surface area contributed by atoms with Gasteiger partial charge in [0.05, 0.1) is 0 Å². The number of hydrogen-bond acceptors (Lipinski definition) is 2. The van der Waals surface area contributed by atoms with Crippen LogP contribution in [0.1, 0.15) is 13.8 Å². The minimum atomic E-state index is 0.160. The van der Waals surface area contributed by atoms with Crippen molar-refractivity contribution in [2.75, 3.05) is 0 Å². The van der Waals surface area contributed by atoms with Gasteiger partial charge in [0.2, 0.25) is 0 Å². The van der Waals surface area contributed by atoms with Crippen LogP contribution in [0.4, 0.5) is 0 Å². The van der Waals surface area contributed by atoms with E-state index in [1.807, 2.05) is 31.6 Å². The molecule has 0 saturated heterocycles. The molecule has 0 saturated carbocycles. The zero-order valence-corrected chi connectivity index (χ0v) is 5.24. The summed E-state index contributed by atoms with van der Waals surface area (Å²) in [5.74, 6) is 0. The first-order valence-corrected chi connectivity index (χ1v) is 2.31. The van der Waals surface area contributed by atoms with Crippen molar-refractivity contribution in [3.8, 4) is 0 Å². The molecule has 0 heterocycles. The first kappa shape index (κ1) is 6.50. The molecule has 0 radical (unpaired) electrons. The predicted molar refractivity (Wildman–Crippen MR) is 17.3 cm³/mol. The summed E-state index contributed by atoms with van der Waals surface area (Å²) in [6.45, 7) is 3.79. The predicted octanol–water partition coefficient (Wildman–Crippen LogP) is 0.805. The maximum absolute atomic E-state index is 4.51. The van der Waals surface area contributed by atoms with Crippen LogP contribution in [-0.2, 0) is 26.5 Å². The van der Waals surface area contributed by atoms with Gasteiger partial charge in [-0.25, -0.2) is 0 Å². The standard InChI is InChI=1S/C3H8O2.V/c1-3(2)5-4;/h3-4H,1-2H3;/q;+1/p-1. The molecule has 0 aliphatic heterocycles. The summed E-state index contributed by atoms with van der Waals surface area (Å²) in [7, 11) is 0. The van der Waals surface area contributed by atoms with Gasteiger partial charge in [0.15, 0.2) is 0 Å². The second-order valence-electron chi connectivity index (χ2n) is 1.22. The van der Waals surface area contributed by atoms with E-state index in [4.69, 9.17) is 0 Å². The van der Waals surface area contributed by atoms with Gasteiger partial charge in [0.1, 0.15) is 0 Å². The Morgan fingerprint density at radius 3 is 2.00 bits per heavy atom. The molecule has 0 aromatic rings. The molecule has 0 atom stereocenters. The van der Waals surface area contributed by atoms with E-state index in [9.17, 15) is 0 Å². The van der Waals surface area contributed by atoms with E-state index < -0.39 is 0 Å². The Morgan fingerprint density at radius 1 is 1.50 bits per heavy atom. The Balaban J connectivity index is 2.63. The molecule has 2 nitrogen and oxygen atoms in total. The van der Waals surface area contributed by atoms with E-state index in [0.29, 0.717) is 0 Å². The third-order valence-corrected chi connectivity index (χ3v) is 0.370. The van der Waals surface area contributed by atoms with Crippen molar-refractivity contribution in [3.63, 3.8) is 0 Å². The molecule has 0 amide bonds. The summed E-state index contributed by atoms with van der Waals surface area (Å²) in [5.41, 5.74) is 0. The van der Waals surface area contributed by atoms with Gasteiger partial charge in [-0.3, -0.25) is 0 Å². The fourth-order valence-electron chi connectivity index (χ4n) is 0.0861. The van der Waals surface area contributed by atoms with Crippen molar-refractivity contribution in [1.29, 1.82) is 0 Å². The van der Waals surface area contributed by atoms with Crippen LogP contribution in [0.25, 0.3) is 0 Å². The van der Waals surface area contributed by atoms with Gasteiger partial charge in [-0.15, -0.1) is 0 Å². The van der Waals surface area contributed by atoms with E-state index in [0.717, 1.165) is 0 Å². The SMILES string of the molecule is CC(C)O[O][V]. The summed E-state index contributed by atoms with van der Waals surface area (Å²) < 4.78 is 4.24. The molecule has 0 spiro atoms. The summed E-state index contributed by atoms with van der Waals surface area (Å²) >= 11 is 1.88. The van der Waals surface area contributed by atoms with E-state index >= 15 is 0 Å². The average molecular weight is 126 g/mol. The van der Waals surface area contributed by atoms with Gasteiger partial charge in [-0.2, -0.15) is 0 Å². The Labute approximate surface area is 47.1 Å². The molecule has 0 aromatic carbocycles. The molecule has 36 valence electrons. The fourth-order valence-corrected chi connectivity index (χ4v) is 0.355. The van der Waals surface area contributed by atoms with E-state index in [1.54, 1.807) is 0 Å². The monoisotopic (exact) mass is 126 g/mol. The second kappa shape index (κ2) is 3.69. The van der Waals surface area contributed by atoms with E-state index in [1.165, 1.54) is 0 Å². The van der Waals surface area contributed by atoms with Crippen LogP contribution in [0.5, 0.6) is 0 Å². The summed E-state index contributed by atoms with van der Waals surface area (Å²) in [6.07, 6.45) is 0.160. The second-order valence-corrected chi connectivity index (χ2v) is 1.45. The molecule has 0 N–H and O–H groups in total. The zero-order chi connectivity index (χ0) is 4.99. The van der Waals surface area contributed by atoms with Crippen LogP contribution >= 0.6 is 0 Å². The summed E-state index contributed by atoms with van der Waals surface area (Å²) in [4.78, 5) is 4.51. The van der Waals surface area contributed by atoms with Crippen molar-refractivity contribution in [3.05, 3.63) is 0 Å². The molecule has 0 rings (SSSR count).